The van der Waals surface area contributed by atoms with E-state index in [1.807, 2.05) is 6.92 Å². The van der Waals surface area contributed by atoms with Crippen LogP contribution in [0.1, 0.15) is 35.8 Å². The van der Waals surface area contributed by atoms with E-state index in [1.165, 1.54) is 16.8 Å². The molecular weight excluding hydrogens is 447 g/mol. The molecule has 1 aliphatic rings. The van der Waals surface area contributed by atoms with Gasteiger partial charge in [-0.15, -0.1) is 5.10 Å². The fourth-order valence-corrected chi connectivity index (χ4v) is 5.30. The van der Waals surface area contributed by atoms with Crippen LogP contribution in [0.5, 0.6) is 0 Å². The second-order valence-corrected chi connectivity index (χ2v) is 10.2. The number of nitrogens with two attached hydrogens (primary N) is 1. The third-order valence-electron chi connectivity index (χ3n) is 5.96. The second-order valence-electron chi connectivity index (χ2n) is 8.26. The van der Waals surface area contributed by atoms with E-state index in [0.717, 1.165) is 11.1 Å². The van der Waals surface area contributed by atoms with E-state index in [0.29, 0.717) is 31.8 Å². The third kappa shape index (κ3) is 5.09. The Kier molecular flexibility index (Phi) is 6.52. The van der Waals surface area contributed by atoms with Crippen molar-refractivity contribution in [3.63, 3.8) is 0 Å². The van der Waals surface area contributed by atoms with Gasteiger partial charge in [0.2, 0.25) is 5.91 Å². The van der Waals surface area contributed by atoms with E-state index in [2.05, 4.69) is 20.4 Å². The minimum Gasteiger partial charge on any atom is -0.369 e. The number of halogens is 1. The van der Waals surface area contributed by atoms with Gasteiger partial charge in [0.05, 0.1) is 10.9 Å². The molecular formula is C22H25FN6O3S. The molecule has 1 atom stereocenters. The molecule has 9 nitrogen and oxygen atoms in total. The molecule has 3 aromatic rings. The molecule has 2 N–H and O–H groups in total. The number of carbonyl (C=O) groups is 1. The predicted molar refractivity (Wildman–Crippen MR) is 118 cm³/mol. The Balaban J connectivity index is 1.67. The Morgan fingerprint density at radius 2 is 1.76 bits per heavy atom. The summed E-state index contributed by atoms with van der Waals surface area (Å²) in [4.78, 5) is 13.8. The summed E-state index contributed by atoms with van der Waals surface area (Å²) in [5.41, 5.74) is 7.14. The number of rotatable bonds is 7. The van der Waals surface area contributed by atoms with Gasteiger partial charge in [0.1, 0.15) is 5.82 Å². The highest BCUT2D eigenvalue weighted by Gasteiger charge is 2.33. The van der Waals surface area contributed by atoms with Crippen LogP contribution in [0, 0.1) is 18.7 Å². The van der Waals surface area contributed by atoms with Crippen LogP contribution in [0.3, 0.4) is 0 Å². The summed E-state index contributed by atoms with van der Waals surface area (Å²) in [5, 5.41) is 11.8. The number of aromatic nitrogens is 4. The summed E-state index contributed by atoms with van der Waals surface area (Å²) in [6.45, 7) is 2.95. The summed E-state index contributed by atoms with van der Waals surface area (Å²) in [7, 11) is -3.71. The molecule has 1 aromatic heterocycles. The Morgan fingerprint density at radius 1 is 1.12 bits per heavy atom. The molecule has 33 heavy (non-hydrogen) atoms. The first-order valence-corrected chi connectivity index (χ1v) is 12.2. The molecule has 1 saturated heterocycles. The van der Waals surface area contributed by atoms with E-state index in [4.69, 9.17) is 5.73 Å². The monoisotopic (exact) mass is 472 g/mol. The molecule has 11 heteroatoms. The van der Waals surface area contributed by atoms with E-state index < -0.39 is 21.8 Å². The van der Waals surface area contributed by atoms with Crippen LogP contribution in [0.4, 0.5) is 4.39 Å². The maximum Gasteiger partial charge on any atom is 0.220 e. The first-order chi connectivity index (χ1) is 15.7. The number of sulfone groups is 1. The van der Waals surface area contributed by atoms with Crippen molar-refractivity contribution < 1.29 is 17.6 Å². The van der Waals surface area contributed by atoms with Crippen LogP contribution < -0.4 is 5.73 Å². The molecule has 1 fully saturated rings. The Morgan fingerprint density at radius 3 is 2.36 bits per heavy atom. The highest BCUT2D eigenvalue weighted by Crippen LogP contribution is 2.31. The van der Waals surface area contributed by atoms with Crippen molar-refractivity contribution in [1.82, 2.24) is 25.1 Å². The quantitative estimate of drug-likeness (QED) is 0.556. The number of likely N-dealkylation sites (tertiary alicyclic amines) is 1. The van der Waals surface area contributed by atoms with Gasteiger partial charge in [0.25, 0.3) is 0 Å². The molecule has 174 valence electrons. The number of primary amides is 1. The predicted octanol–water partition coefficient (Wildman–Crippen LogP) is 1.84. The van der Waals surface area contributed by atoms with E-state index in [1.54, 1.807) is 36.4 Å². The number of carbonyl (C=O) groups excluding carboxylic acids is 1. The molecule has 0 unspecified atom stereocenters. The number of nitrogens with zero attached hydrogens (tertiary/aromatic N) is 5. The van der Waals surface area contributed by atoms with Crippen LogP contribution in [-0.2, 0) is 20.5 Å². The minimum atomic E-state index is -3.71. The Hall–Kier alpha value is -3.18. The molecule has 1 aliphatic heterocycles. The van der Waals surface area contributed by atoms with Gasteiger partial charge in [-0.3, -0.25) is 9.69 Å². The van der Waals surface area contributed by atoms with Gasteiger partial charge in [-0.1, -0.05) is 29.8 Å². The van der Waals surface area contributed by atoms with Crippen molar-refractivity contribution in [3.8, 4) is 0 Å². The lowest BCUT2D eigenvalue weighted by molar-refractivity contribution is -0.123. The normalized spacial score (nSPS) is 16.5. The summed E-state index contributed by atoms with van der Waals surface area (Å²) in [6.07, 6.45) is 1.13. The second kappa shape index (κ2) is 9.36. The van der Waals surface area contributed by atoms with Crippen LogP contribution in [0.15, 0.2) is 53.4 Å². The van der Waals surface area contributed by atoms with Crippen LogP contribution >= 0.6 is 0 Å². The van der Waals surface area contributed by atoms with Crippen molar-refractivity contribution in [2.24, 2.45) is 11.7 Å². The van der Waals surface area contributed by atoms with Gasteiger partial charge >= 0.3 is 0 Å². The summed E-state index contributed by atoms with van der Waals surface area (Å²) in [6, 6.07) is 12.0. The fraction of sp³-hybridized carbons (Fsp3) is 0.364. The van der Waals surface area contributed by atoms with Gasteiger partial charge in [0, 0.05) is 5.92 Å². The number of amides is 1. The van der Waals surface area contributed by atoms with Crippen LogP contribution in [0.2, 0.25) is 0 Å². The van der Waals surface area contributed by atoms with Crippen molar-refractivity contribution in [3.05, 3.63) is 71.3 Å². The standard InChI is InChI=1S/C22H25FN6O3S/c1-15-2-8-19(9-3-15)33(31,32)14-29-22(25-26-27-29)20(16-4-6-18(23)7-5-16)28-12-10-17(11-13-28)21(24)30/h2-9,17,20H,10-14H2,1H3,(H2,24,30)/t20-/m1/s1. The number of aryl methyl sites for hydroxylation is 1. The Bertz CT molecular complexity index is 1220. The first kappa shape index (κ1) is 23.0. The molecule has 1 amide bonds. The molecule has 4 rings (SSSR count). The molecule has 0 saturated carbocycles. The number of hydrogen-bond acceptors (Lipinski definition) is 7. The number of tetrazole rings is 1. The van der Waals surface area contributed by atoms with E-state index in [9.17, 15) is 17.6 Å². The van der Waals surface area contributed by atoms with Crippen molar-refractivity contribution in [2.45, 2.75) is 36.6 Å². The average Bonchev–Trinajstić information content (AvgIpc) is 3.23. The lowest BCUT2D eigenvalue weighted by Gasteiger charge is -2.36. The van der Waals surface area contributed by atoms with Gasteiger partial charge < -0.3 is 5.73 Å². The SMILES string of the molecule is Cc1ccc(S(=O)(=O)Cn2nnnc2[C@@H](c2ccc(F)cc2)N2CCC(C(N)=O)CC2)cc1. The van der Waals surface area contributed by atoms with Gasteiger partial charge in [-0.2, -0.15) is 0 Å². The van der Waals surface area contributed by atoms with E-state index >= 15 is 0 Å². The zero-order valence-corrected chi connectivity index (χ0v) is 18.9. The van der Waals surface area contributed by atoms with Gasteiger partial charge in [-0.25, -0.2) is 17.5 Å². The maximum atomic E-state index is 13.6. The molecule has 0 radical (unpaired) electrons. The molecule has 0 aliphatic carbocycles. The zero-order valence-electron chi connectivity index (χ0n) is 18.1. The highest BCUT2D eigenvalue weighted by atomic mass is 32.2. The van der Waals surface area contributed by atoms with Crippen molar-refractivity contribution in [1.29, 1.82) is 0 Å². The average molecular weight is 473 g/mol. The summed E-state index contributed by atoms with van der Waals surface area (Å²) >= 11 is 0. The lowest BCUT2D eigenvalue weighted by atomic mass is 9.93. The van der Waals surface area contributed by atoms with Crippen LogP contribution in [-0.4, -0.2) is 52.5 Å². The number of hydrogen-bond donors (Lipinski definition) is 1. The molecule has 0 bridgehead atoms. The maximum absolute atomic E-state index is 13.6. The van der Waals surface area contributed by atoms with Crippen molar-refractivity contribution in [2.75, 3.05) is 13.1 Å². The number of benzene rings is 2. The lowest BCUT2D eigenvalue weighted by Crippen LogP contribution is -2.41. The Labute approximate surface area is 191 Å². The fourth-order valence-electron chi connectivity index (χ4n) is 4.09. The topological polar surface area (TPSA) is 124 Å². The molecule has 0 spiro atoms. The van der Waals surface area contributed by atoms with Gasteiger partial charge in [-0.05, 0) is 73.1 Å². The van der Waals surface area contributed by atoms with Crippen molar-refractivity contribution >= 4 is 15.7 Å². The highest BCUT2D eigenvalue weighted by molar-refractivity contribution is 7.90. The van der Waals surface area contributed by atoms with Gasteiger partial charge in [0.15, 0.2) is 21.5 Å². The molecule has 2 heterocycles. The number of piperidine rings is 1. The van der Waals surface area contributed by atoms with E-state index in [-0.39, 0.29) is 22.5 Å². The zero-order chi connectivity index (χ0) is 23.6. The first-order valence-electron chi connectivity index (χ1n) is 10.6. The summed E-state index contributed by atoms with van der Waals surface area (Å²) < 4.78 is 40.9. The smallest absolute Gasteiger partial charge is 0.220 e. The van der Waals surface area contributed by atoms with Crippen LogP contribution in [0.25, 0.3) is 0 Å². The summed E-state index contributed by atoms with van der Waals surface area (Å²) in [5.74, 6) is -1.04. The molecule has 2 aromatic carbocycles. The third-order valence-corrected chi connectivity index (χ3v) is 7.53. The largest absolute Gasteiger partial charge is 0.369 e. The minimum absolute atomic E-state index is 0.176.